The van der Waals surface area contributed by atoms with E-state index >= 15 is 0 Å². The zero-order chi connectivity index (χ0) is 12.3. The molecule has 0 saturated carbocycles. The number of nitrogens with one attached hydrogen (secondary N) is 1. The van der Waals surface area contributed by atoms with Gasteiger partial charge in [-0.05, 0) is 31.9 Å². The first-order chi connectivity index (χ1) is 8.09. The largest absolute Gasteiger partial charge is 0.381 e. The average molecular weight is 238 g/mol. The maximum absolute atomic E-state index is 12.9. The first-order valence-corrected chi connectivity index (χ1v) is 5.62. The van der Waals surface area contributed by atoms with Crippen molar-refractivity contribution in [1.82, 2.24) is 10.3 Å². The summed E-state index contributed by atoms with van der Waals surface area (Å²) in [6.45, 7) is 3.23. The molecule has 1 fully saturated rings. The summed E-state index contributed by atoms with van der Waals surface area (Å²) in [7, 11) is 0. The fourth-order valence-electron chi connectivity index (χ4n) is 1.82. The average Bonchev–Trinajstić information content (AvgIpc) is 2.29. The Morgan fingerprint density at radius 1 is 1.47 bits per heavy atom. The molecule has 0 radical (unpaired) electrons. The van der Waals surface area contributed by atoms with E-state index in [4.69, 9.17) is 4.74 Å². The highest BCUT2D eigenvalue weighted by molar-refractivity contribution is 5.92. The van der Waals surface area contributed by atoms with E-state index in [1.165, 1.54) is 18.2 Å². The zero-order valence-electron chi connectivity index (χ0n) is 9.70. The normalized spacial score (nSPS) is 18.7. The molecule has 1 aliphatic rings. The van der Waals surface area contributed by atoms with Crippen LogP contribution in [0.4, 0.5) is 4.39 Å². The van der Waals surface area contributed by atoms with Crippen LogP contribution in [-0.4, -0.2) is 29.6 Å². The topological polar surface area (TPSA) is 51.2 Å². The molecule has 0 bridgehead atoms. The lowest BCUT2D eigenvalue weighted by Gasteiger charge is -2.34. The van der Waals surface area contributed by atoms with Gasteiger partial charge in [0.25, 0.3) is 5.91 Å². The Kier molecular flexibility index (Phi) is 3.38. The number of aromatic nitrogens is 1. The second-order valence-corrected chi connectivity index (χ2v) is 4.47. The Morgan fingerprint density at radius 3 is 2.82 bits per heavy atom. The van der Waals surface area contributed by atoms with Crippen molar-refractivity contribution in [3.05, 3.63) is 29.8 Å². The van der Waals surface area contributed by atoms with Gasteiger partial charge in [0.15, 0.2) is 0 Å². The summed E-state index contributed by atoms with van der Waals surface area (Å²) < 4.78 is 18.1. The summed E-state index contributed by atoms with van der Waals surface area (Å²) >= 11 is 0. The number of rotatable bonds is 2. The Balaban J connectivity index is 2.06. The lowest BCUT2D eigenvalue weighted by Crippen LogP contribution is -2.49. The molecule has 0 aromatic carbocycles. The number of carbonyl (C=O) groups excluding carboxylic acids is 1. The molecule has 5 heteroatoms. The van der Waals surface area contributed by atoms with E-state index < -0.39 is 5.95 Å². The van der Waals surface area contributed by atoms with Gasteiger partial charge in [0, 0.05) is 18.8 Å². The number of nitrogens with zero attached hydrogens (tertiary/aromatic N) is 1. The molecule has 0 unspecified atom stereocenters. The Bertz CT molecular complexity index is 417. The lowest BCUT2D eigenvalue weighted by atomic mass is 9.92. The summed E-state index contributed by atoms with van der Waals surface area (Å²) in [5.74, 6) is -0.983. The third-order valence-corrected chi connectivity index (χ3v) is 2.96. The quantitative estimate of drug-likeness (QED) is 0.795. The molecule has 0 spiro atoms. The predicted octanol–water partition coefficient (Wildman–Crippen LogP) is 1.52. The molecule has 2 rings (SSSR count). The molecule has 1 aliphatic heterocycles. The fraction of sp³-hybridized carbons (Fsp3) is 0.500. The van der Waals surface area contributed by atoms with Crippen LogP contribution in [-0.2, 0) is 4.74 Å². The van der Waals surface area contributed by atoms with Crippen LogP contribution < -0.4 is 5.32 Å². The van der Waals surface area contributed by atoms with Crippen molar-refractivity contribution in [2.75, 3.05) is 13.2 Å². The molecule has 1 N–H and O–H groups in total. The van der Waals surface area contributed by atoms with Crippen LogP contribution in [0.3, 0.4) is 0 Å². The van der Waals surface area contributed by atoms with Crippen molar-refractivity contribution < 1.29 is 13.9 Å². The number of amides is 1. The predicted molar refractivity (Wildman–Crippen MR) is 60.1 cm³/mol. The van der Waals surface area contributed by atoms with E-state index in [-0.39, 0.29) is 17.1 Å². The van der Waals surface area contributed by atoms with Gasteiger partial charge in [-0.15, -0.1) is 0 Å². The van der Waals surface area contributed by atoms with Crippen molar-refractivity contribution in [2.24, 2.45) is 0 Å². The van der Waals surface area contributed by atoms with Crippen LogP contribution in [0.2, 0.25) is 0 Å². The van der Waals surface area contributed by atoms with Gasteiger partial charge in [0.2, 0.25) is 5.95 Å². The molecule has 1 amide bonds. The molecule has 4 nitrogen and oxygen atoms in total. The van der Waals surface area contributed by atoms with Crippen molar-refractivity contribution in [3.8, 4) is 0 Å². The number of halogens is 1. The number of pyridine rings is 1. The van der Waals surface area contributed by atoms with Crippen LogP contribution in [0, 0.1) is 5.95 Å². The minimum absolute atomic E-state index is 0.109. The molecule has 92 valence electrons. The second kappa shape index (κ2) is 4.79. The summed E-state index contributed by atoms with van der Waals surface area (Å²) in [4.78, 5) is 15.4. The van der Waals surface area contributed by atoms with E-state index in [0.29, 0.717) is 13.2 Å². The van der Waals surface area contributed by atoms with Crippen molar-refractivity contribution in [2.45, 2.75) is 25.3 Å². The van der Waals surface area contributed by atoms with Crippen molar-refractivity contribution in [1.29, 1.82) is 0 Å². The van der Waals surface area contributed by atoms with E-state index in [1.807, 2.05) is 6.92 Å². The highest BCUT2D eigenvalue weighted by Gasteiger charge is 2.29. The molecule has 0 aliphatic carbocycles. The summed E-state index contributed by atoms with van der Waals surface area (Å²) in [5.41, 5.74) is -0.179. The number of hydrogen-bond donors (Lipinski definition) is 1. The van der Waals surface area contributed by atoms with Gasteiger partial charge in [-0.2, -0.15) is 4.39 Å². The van der Waals surface area contributed by atoms with E-state index in [0.717, 1.165) is 12.8 Å². The van der Waals surface area contributed by atoms with E-state index in [1.54, 1.807) is 0 Å². The minimum Gasteiger partial charge on any atom is -0.381 e. The van der Waals surface area contributed by atoms with Gasteiger partial charge in [-0.1, -0.05) is 6.07 Å². The SMILES string of the molecule is CC1(NC(=O)c2cccc(F)n2)CCOCC1. The van der Waals surface area contributed by atoms with Crippen molar-refractivity contribution >= 4 is 5.91 Å². The zero-order valence-corrected chi connectivity index (χ0v) is 9.70. The molecular weight excluding hydrogens is 223 g/mol. The summed E-state index contributed by atoms with van der Waals surface area (Å²) in [6, 6.07) is 4.19. The van der Waals surface area contributed by atoms with E-state index in [9.17, 15) is 9.18 Å². The monoisotopic (exact) mass is 238 g/mol. The number of hydrogen-bond acceptors (Lipinski definition) is 3. The lowest BCUT2D eigenvalue weighted by molar-refractivity contribution is 0.0421. The van der Waals surface area contributed by atoms with Gasteiger partial charge >= 0.3 is 0 Å². The van der Waals surface area contributed by atoms with E-state index in [2.05, 4.69) is 10.3 Å². The molecular formula is C12H15FN2O2. The standard InChI is InChI=1S/C12H15FN2O2/c1-12(5-7-17-8-6-12)15-11(16)9-3-2-4-10(13)14-9/h2-4H,5-8H2,1H3,(H,15,16). The number of carbonyl (C=O) groups is 1. The Labute approximate surface area is 99.2 Å². The Hall–Kier alpha value is -1.49. The van der Waals surface area contributed by atoms with Gasteiger partial charge in [0.05, 0.1) is 0 Å². The highest BCUT2D eigenvalue weighted by atomic mass is 19.1. The molecule has 1 saturated heterocycles. The number of ether oxygens (including phenoxy) is 1. The molecule has 2 heterocycles. The third-order valence-electron chi connectivity index (χ3n) is 2.96. The fourth-order valence-corrected chi connectivity index (χ4v) is 1.82. The van der Waals surface area contributed by atoms with Gasteiger partial charge in [0.1, 0.15) is 5.69 Å². The van der Waals surface area contributed by atoms with Crippen molar-refractivity contribution in [3.63, 3.8) is 0 Å². The minimum atomic E-state index is -0.644. The maximum Gasteiger partial charge on any atom is 0.270 e. The van der Waals surface area contributed by atoms with Gasteiger partial charge in [-0.3, -0.25) is 4.79 Å². The van der Waals surface area contributed by atoms with Crippen LogP contribution in [0.1, 0.15) is 30.3 Å². The Morgan fingerprint density at radius 2 is 2.18 bits per heavy atom. The van der Waals surface area contributed by atoms with Crippen LogP contribution in [0.15, 0.2) is 18.2 Å². The molecule has 0 atom stereocenters. The third kappa shape index (κ3) is 3.00. The van der Waals surface area contributed by atoms with Gasteiger partial charge < -0.3 is 10.1 Å². The van der Waals surface area contributed by atoms with Crippen LogP contribution >= 0.6 is 0 Å². The second-order valence-electron chi connectivity index (χ2n) is 4.47. The first kappa shape index (κ1) is 12.0. The van der Waals surface area contributed by atoms with Crippen LogP contribution in [0.25, 0.3) is 0 Å². The highest BCUT2D eigenvalue weighted by Crippen LogP contribution is 2.20. The summed E-state index contributed by atoms with van der Waals surface area (Å²) in [5, 5.41) is 2.89. The molecule has 17 heavy (non-hydrogen) atoms. The molecule has 1 aromatic rings. The summed E-state index contributed by atoms with van der Waals surface area (Å²) in [6.07, 6.45) is 1.52. The maximum atomic E-state index is 12.9. The van der Waals surface area contributed by atoms with Crippen LogP contribution in [0.5, 0.6) is 0 Å². The molecule has 1 aromatic heterocycles. The van der Waals surface area contributed by atoms with Gasteiger partial charge in [-0.25, -0.2) is 4.98 Å². The first-order valence-electron chi connectivity index (χ1n) is 5.62. The smallest absolute Gasteiger partial charge is 0.270 e.